The monoisotopic (exact) mass is 924 g/mol. The maximum Gasteiger partial charge on any atom is 0.472 e. The van der Waals surface area contributed by atoms with Gasteiger partial charge in [-0.25, -0.2) is 9.36 Å². The molecule has 372 valence electrons. The summed E-state index contributed by atoms with van der Waals surface area (Å²) in [4.78, 5) is 46.1. The van der Waals surface area contributed by atoms with Crippen molar-refractivity contribution >= 4 is 25.7 Å². The molecule has 0 saturated heterocycles. The lowest BCUT2D eigenvalue weighted by molar-refractivity contribution is -0.147. The Balaban J connectivity index is 3.83. The number of carboxylic acids is 1. The molecular formula is C52H94NO10P. The van der Waals surface area contributed by atoms with E-state index in [1.54, 1.807) is 0 Å². The van der Waals surface area contributed by atoms with E-state index in [1.165, 1.54) is 128 Å². The maximum absolute atomic E-state index is 12.4. The molecule has 12 heteroatoms. The van der Waals surface area contributed by atoms with Crippen molar-refractivity contribution < 1.29 is 47.8 Å². The van der Waals surface area contributed by atoms with Crippen LogP contribution in [0.5, 0.6) is 0 Å². The van der Waals surface area contributed by atoms with Crippen LogP contribution in [0, 0.1) is 0 Å². The fraction of sp³-hybridized carbons (Fsp3) is 0.788. The highest BCUT2D eigenvalue weighted by atomic mass is 31.2. The van der Waals surface area contributed by atoms with E-state index in [2.05, 4.69) is 67.8 Å². The summed E-state index contributed by atoms with van der Waals surface area (Å²) in [6.45, 7) is 2.57. The number of phosphoric ester groups is 1. The van der Waals surface area contributed by atoms with Crippen molar-refractivity contribution in [2.75, 3.05) is 19.8 Å². The van der Waals surface area contributed by atoms with Crippen molar-refractivity contribution in [2.24, 2.45) is 0 Å². The molecule has 0 bridgehead atoms. The third-order valence-corrected chi connectivity index (χ3v) is 12.0. The predicted octanol–water partition coefficient (Wildman–Crippen LogP) is 14.1. The number of unbranched alkanes of at least 4 members (excludes halogenated alkanes) is 26. The van der Waals surface area contributed by atoms with Gasteiger partial charge in [-0.1, -0.05) is 191 Å². The Bertz CT molecular complexity index is 1270. The van der Waals surface area contributed by atoms with E-state index in [0.29, 0.717) is 12.8 Å². The van der Waals surface area contributed by atoms with Crippen LogP contribution >= 0.6 is 7.82 Å². The van der Waals surface area contributed by atoms with Gasteiger partial charge >= 0.3 is 19.8 Å². The van der Waals surface area contributed by atoms with Gasteiger partial charge in [0.2, 0.25) is 5.91 Å². The molecule has 0 aliphatic rings. The molecule has 0 saturated carbocycles. The molecular weight excluding hydrogens is 830 g/mol. The number of aliphatic hydroxyl groups is 1. The summed E-state index contributed by atoms with van der Waals surface area (Å²) in [5.74, 6) is -2.37. The molecule has 0 aromatic heterocycles. The van der Waals surface area contributed by atoms with E-state index in [0.717, 1.165) is 64.2 Å². The number of aliphatic carboxylic acids is 1. The van der Waals surface area contributed by atoms with Gasteiger partial charge < -0.3 is 25.2 Å². The Hall–Kier alpha value is -2.56. The van der Waals surface area contributed by atoms with Crippen LogP contribution in [0.3, 0.4) is 0 Å². The molecule has 4 N–H and O–H groups in total. The van der Waals surface area contributed by atoms with Crippen molar-refractivity contribution in [2.45, 2.75) is 244 Å². The maximum atomic E-state index is 12.4. The van der Waals surface area contributed by atoms with Crippen LogP contribution < -0.4 is 5.32 Å². The topological polar surface area (TPSA) is 169 Å². The van der Waals surface area contributed by atoms with E-state index in [4.69, 9.17) is 13.8 Å². The Morgan fingerprint density at radius 2 is 0.859 bits per heavy atom. The molecule has 0 aliphatic carbocycles. The molecule has 0 spiro atoms. The molecule has 0 aromatic carbocycles. The van der Waals surface area contributed by atoms with Crippen molar-refractivity contribution in [1.29, 1.82) is 0 Å². The SMILES string of the molecule is CCCCC/C=C\C/C=C\CCCCCCCCCCCCCC(=O)OCC(O)COP(=O)(O)OCC(NC(=O)CCCCCCCCCCC/C=C\C/C=C\CCCCC)C(=O)O. The number of phosphoric acid groups is 1. The third-order valence-electron chi connectivity index (χ3n) is 11.1. The van der Waals surface area contributed by atoms with Crippen LogP contribution in [0.4, 0.5) is 0 Å². The summed E-state index contributed by atoms with van der Waals surface area (Å²) in [5, 5.41) is 21.9. The predicted molar refractivity (Wildman–Crippen MR) is 263 cm³/mol. The molecule has 0 radical (unpaired) electrons. The van der Waals surface area contributed by atoms with Crippen LogP contribution in [-0.2, 0) is 32.7 Å². The Kier molecular flexibility index (Phi) is 45.1. The van der Waals surface area contributed by atoms with Crippen molar-refractivity contribution in [3.8, 4) is 0 Å². The fourth-order valence-electron chi connectivity index (χ4n) is 7.08. The zero-order valence-electron chi connectivity index (χ0n) is 40.6. The highest BCUT2D eigenvalue weighted by Crippen LogP contribution is 2.43. The number of carboxylic acid groups (broad SMARTS) is 1. The number of aliphatic hydroxyl groups excluding tert-OH is 1. The van der Waals surface area contributed by atoms with Crippen LogP contribution in [0.25, 0.3) is 0 Å². The Morgan fingerprint density at radius 1 is 0.500 bits per heavy atom. The lowest BCUT2D eigenvalue weighted by Gasteiger charge is -2.18. The second-order valence-corrected chi connectivity index (χ2v) is 18.8. The number of hydrogen-bond donors (Lipinski definition) is 4. The van der Waals surface area contributed by atoms with Crippen molar-refractivity contribution in [3.63, 3.8) is 0 Å². The quantitative estimate of drug-likeness (QED) is 0.0199. The van der Waals surface area contributed by atoms with Crippen molar-refractivity contribution in [3.05, 3.63) is 48.6 Å². The van der Waals surface area contributed by atoms with Gasteiger partial charge in [0.25, 0.3) is 0 Å². The average Bonchev–Trinajstić information content (AvgIpc) is 3.27. The van der Waals surface area contributed by atoms with Gasteiger partial charge in [0.05, 0.1) is 13.2 Å². The molecule has 0 aliphatic heterocycles. The van der Waals surface area contributed by atoms with E-state index in [1.807, 2.05) is 0 Å². The van der Waals surface area contributed by atoms with Crippen LogP contribution in [-0.4, -0.2) is 64.9 Å². The van der Waals surface area contributed by atoms with Gasteiger partial charge in [0.15, 0.2) is 6.04 Å². The standard InChI is InChI=1S/C52H94NO10P/c1-3-5-7-9-11-13-15-17-19-21-23-24-26-28-30-32-34-36-38-40-42-44-51(56)61-45-48(54)46-62-64(59,60)63-47-49(52(57)58)53-50(55)43-41-39-37-35-33-31-29-27-25-22-20-18-16-14-12-10-8-6-4-2/h11-14,17-20,48-49,54H,3-10,15-16,21-47H2,1-2H3,(H,53,55)(H,57,58)(H,59,60)/b13-11-,14-12-,19-17-,20-18-. The zero-order chi connectivity index (χ0) is 47.0. The normalized spacial score (nSPS) is 13.9. The Morgan fingerprint density at radius 3 is 1.27 bits per heavy atom. The summed E-state index contributed by atoms with van der Waals surface area (Å²) < 4.78 is 27.0. The third kappa shape index (κ3) is 46.0. The largest absolute Gasteiger partial charge is 0.480 e. The second kappa shape index (κ2) is 47.0. The zero-order valence-corrected chi connectivity index (χ0v) is 41.5. The van der Waals surface area contributed by atoms with Gasteiger partial charge in [0, 0.05) is 12.8 Å². The number of carbonyl (C=O) groups is 3. The van der Waals surface area contributed by atoms with E-state index >= 15 is 0 Å². The van der Waals surface area contributed by atoms with Crippen LogP contribution in [0.1, 0.15) is 232 Å². The van der Waals surface area contributed by atoms with Gasteiger partial charge in [-0.05, 0) is 77.0 Å². The minimum Gasteiger partial charge on any atom is -0.480 e. The fourth-order valence-corrected chi connectivity index (χ4v) is 7.85. The first kappa shape index (κ1) is 61.4. The van der Waals surface area contributed by atoms with Gasteiger partial charge in [0.1, 0.15) is 12.7 Å². The highest BCUT2D eigenvalue weighted by molar-refractivity contribution is 7.47. The molecule has 3 unspecified atom stereocenters. The van der Waals surface area contributed by atoms with E-state index < -0.39 is 57.6 Å². The van der Waals surface area contributed by atoms with Crippen LogP contribution in [0.15, 0.2) is 48.6 Å². The molecule has 64 heavy (non-hydrogen) atoms. The molecule has 1 amide bonds. The number of nitrogens with one attached hydrogen (secondary N) is 1. The number of hydrogen-bond acceptors (Lipinski definition) is 8. The smallest absolute Gasteiger partial charge is 0.472 e. The summed E-state index contributed by atoms with van der Waals surface area (Å²) in [6.07, 6.45) is 54.1. The second-order valence-electron chi connectivity index (χ2n) is 17.4. The highest BCUT2D eigenvalue weighted by Gasteiger charge is 2.28. The lowest BCUT2D eigenvalue weighted by atomic mass is 10.0. The number of allylic oxidation sites excluding steroid dienone is 8. The summed E-state index contributed by atoms with van der Waals surface area (Å²) in [5.41, 5.74) is 0. The lowest BCUT2D eigenvalue weighted by Crippen LogP contribution is -2.43. The number of esters is 1. The number of rotatable bonds is 48. The molecule has 0 rings (SSSR count). The minimum atomic E-state index is -4.76. The first-order valence-corrected chi connectivity index (χ1v) is 27.2. The number of carbonyl (C=O) groups excluding carboxylic acids is 2. The molecule has 3 atom stereocenters. The van der Waals surface area contributed by atoms with E-state index in [9.17, 15) is 34.1 Å². The molecule has 11 nitrogen and oxygen atoms in total. The first-order valence-electron chi connectivity index (χ1n) is 25.7. The molecule has 0 heterocycles. The number of amides is 1. The van der Waals surface area contributed by atoms with Gasteiger partial charge in [-0.2, -0.15) is 0 Å². The number of ether oxygens (including phenoxy) is 1. The van der Waals surface area contributed by atoms with Gasteiger partial charge in [-0.3, -0.25) is 18.6 Å². The van der Waals surface area contributed by atoms with E-state index in [-0.39, 0.29) is 12.8 Å². The molecule has 0 fully saturated rings. The summed E-state index contributed by atoms with van der Waals surface area (Å²) >= 11 is 0. The summed E-state index contributed by atoms with van der Waals surface area (Å²) in [7, 11) is -4.76. The van der Waals surface area contributed by atoms with Crippen molar-refractivity contribution in [1.82, 2.24) is 5.32 Å². The average molecular weight is 924 g/mol. The molecule has 0 aromatic rings. The minimum absolute atomic E-state index is 0.140. The first-order chi connectivity index (χ1) is 31.1. The van der Waals surface area contributed by atoms with Gasteiger partial charge in [-0.15, -0.1) is 0 Å². The Labute approximate surface area is 390 Å². The van der Waals surface area contributed by atoms with Crippen LogP contribution in [0.2, 0.25) is 0 Å². The summed E-state index contributed by atoms with van der Waals surface area (Å²) in [6, 6.07) is -1.55.